The lowest BCUT2D eigenvalue weighted by Gasteiger charge is -2.36. The summed E-state index contributed by atoms with van der Waals surface area (Å²) >= 11 is 12.2. The van der Waals surface area contributed by atoms with Gasteiger partial charge in [0.25, 0.3) is 5.56 Å². The molecule has 1 aromatic heterocycles. The maximum absolute atomic E-state index is 13.0. The van der Waals surface area contributed by atoms with Gasteiger partial charge in [-0.05, 0) is 41.1 Å². The molecule has 8 heteroatoms. The molecule has 0 saturated carbocycles. The van der Waals surface area contributed by atoms with E-state index in [-0.39, 0.29) is 18.0 Å². The molecule has 1 saturated heterocycles. The summed E-state index contributed by atoms with van der Waals surface area (Å²) in [6.07, 6.45) is 0. The lowest BCUT2D eigenvalue weighted by molar-refractivity contribution is -0.132. The fourth-order valence-corrected chi connectivity index (χ4v) is 4.48. The molecule has 2 heterocycles. The van der Waals surface area contributed by atoms with Crippen LogP contribution in [-0.2, 0) is 11.3 Å². The average molecular weight is 493 g/mol. The van der Waals surface area contributed by atoms with Crippen LogP contribution in [0, 0.1) is 0 Å². The summed E-state index contributed by atoms with van der Waals surface area (Å²) in [7, 11) is 0. The van der Waals surface area contributed by atoms with Crippen molar-refractivity contribution in [1.29, 1.82) is 0 Å². The molecule has 1 fully saturated rings. The highest BCUT2D eigenvalue weighted by atomic mass is 35.5. The molecule has 5 rings (SSSR count). The number of hydrogen-bond acceptors (Lipinski definition) is 4. The van der Waals surface area contributed by atoms with Gasteiger partial charge in [-0.2, -0.15) is 5.10 Å². The summed E-state index contributed by atoms with van der Waals surface area (Å²) in [4.78, 5) is 29.3. The van der Waals surface area contributed by atoms with E-state index in [0.29, 0.717) is 41.9 Å². The molecule has 0 aliphatic carbocycles. The van der Waals surface area contributed by atoms with Gasteiger partial charge >= 0.3 is 0 Å². The molecule has 34 heavy (non-hydrogen) atoms. The van der Waals surface area contributed by atoms with Crippen molar-refractivity contribution in [1.82, 2.24) is 14.7 Å². The van der Waals surface area contributed by atoms with Crippen LogP contribution in [0.1, 0.15) is 0 Å². The molecule has 1 amide bonds. The van der Waals surface area contributed by atoms with Gasteiger partial charge in [-0.15, -0.1) is 0 Å². The van der Waals surface area contributed by atoms with Gasteiger partial charge in [0.05, 0.1) is 15.7 Å². The van der Waals surface area contributed by atoms with Gasteiger partial charge in [-0.3, -0.25) is 9.59 Å². The van der Waals surface area contributed by atoms with Gasteiger partial charge in [-0.1, -0.05) is 59.6 Å². The average Bonchev–Trinajstić information content (AvgIpc) is 2.87. The first kappa shape index (κ1) is 22.4. The molecule has 0 unspecified atom stereocenters. The first-order chi connectivity index (χ1) is 16.5. The smallest absolute Gasteiger partial charge is 0.267 e. The first-order valence-electron chi connectivity index (χ1n) is 11.0. The van der Waals surface area contributed by atoms with Crippen LogP contribution in [-0.4, -0.2) is 46.8 Å². The largest absolute Gasteiger partial charge is 0.368 e. The summed E-state index contributed by atoms with van der Waals surface area (Å²) in [6.45, 7) is 2.36. The third-order valence-corrected chi connectivity index (χ3v) is 6.84. The second-order valence-corrected chi connectivity index (χ2v) is 9.06. The van der Waals surface area contributed by atoms with Gasteiger partial charge < -0.3 is 9.80 Å². The lowest BCUT2D eigenvalue weighted by atomic mass is 10.1. The van der Waals surface area contributed by atoms with Gasteiger partial charge in [0.15, 0.2) is 0 Å². The van der Waals surface area contributed by atoms with Crippen LogP contribution in [0.3, 0.4) is 0 Å². The standard InChI is InChI=1S/C26H22Cl2N4O2/c27-22-8-7-21(16-23(22)28)30-11-13-31(14-12-30)26(34)17-32-25(33)10-9-24(29-32)20-6-5-18-3-1-2-4-19(18)15-20/h1-10,15-16H,11-14,17H2. The van der Waals surface area contributed by atoms with Gasteiger partial charge in [-0.25, -0.2) is 4.68 Å². The highest BCUT2D eigenvalue weighted by Crippen LogP contribution is 2.28. The molecular weight excluding hydrogens is 471 g/mol. The predicted molar refractivity (Wildman–Crippen MR) is 137 cm³/mol. The van der Waals surface area contributed by atoms with E-state index in [0.717, 1.165) is 22.0 Å². The fourth-order valence-electron chi connectivity index (χ4n) is 4.19. The Morgan fingerprint density at radius 3 is 2.35 bits per heavy atom. The van der Waals surface area contributed by atoms with Gasteiger partial charge in [0.1, 0.15) is 6.54 Å². The Kier molecular flexibility index (Phi) is 6.26. The third kappa shape index (κ3) is 4.65. The zero-order valence-electron chi connectivity index (χ0n) is 18.3. The second kappa shape index (κ2) is 9.49. The number of rotatable bonds is 4. The van der Waals surface area contributed by atoms with E-state index < -0.39 is 0 Å². The number of nitrogens with zero attached hydrogens (tertiary/aromatic N) is 4. The highest BCUT2D eigenvalue weighted by Gasteiger charge is 2.22. The third-order valence-electron chi connectivity index (χ3n) is 6.10. The quantitative estimate of drug-likeness (QED) is 0.413. The van der Waals surface area contributed by atoms with Crippen LogP contribution in [0.15, 0.2) is 77.6 Å². The number of halogens is 2. The normalized spacial score (nSPS) is 13.9. The van der Waals surface area contributed by atoms with Crippen LogP contribution < -0.4 is 10.5 Å². The van der Waals surface area contributed by atoms with Crippen molar-refractivity contribution < 1.29 is 4.79 Å². The second-order valence-electron chi connectivity index (χ2n) is 8.24. The van der Waals surface area contributed by atoms with Crippen molar-refractivity contribution in [3.63, 3.8) is 0 Å². The Labute approximate surface area is 206 Å². The van der Waals surface area contributed by atoms with E-state index in [4.69, 9.17) is 23.2 Å². The van der Waals surface area contributed by atoms with E-state index in [2.05, 4.69) is 10.00 Å². The number of aromatic nitrogens is 2. The maximum Gasteiger partial charge on any atom is 0.267 e. The predicted octanol–water partition coefficient (Wildman–Crippen LogP) is 4.72. The van der Waals surface area contributed by atoms with Crippen molar-refractivity contribution in [2.24, 2.45) is 0 Å². The minimum absolute atomic E-state index is 0.0903. The van der Waals surface area contributed by atoms with Gasteiger partial charge in [0, 0.05) is 43.5 Å². The number of carbonyl (C=O) groups is 1. The Bertz CT molecular complexity index is 1430. The van der Waals surface area contributed by atoms with E-state index in [1.807, 2.05) is 54.6 Å². The van der Waals surface area contributed by atoms with Crippen molar-refractivity contribution in [2.75, 3.05) is 31.1 Å². The first-order valence-corrected chi connectivity index (χ1v) is 11.8. The van der Waals surface area contributed by atoms with Gasteiger partial charge in [0.2, 0.25) is 5.91 Å². The van der Waals surface area contributed by atoms with E-state index >= 15 is 0 Å². The van der Waals surface area contributed by atoms with Crippen LogP contribution in [0.2, 0.25) is 10.0 Å². The van der Waals surface area contributed by atoms with E-state index in [9.17, 15) is 9.59 Å². The Morgan fingerprint density at radius 2 is 1.59 bits per heavy atom. The molecule has 0 radical (unpaired) electrons. The number of anilines is 1. The summed E-state index contributed by atoms with van der Waals surface area (Å²) in [5, 5.41) is 7.74. The number of piperazine rings is 1. The molecule has 0 spiro atoms. The fraction of sp³-hybridized carbons (Fsp3) is 0.192. The lowest BCUT2D eigenvalue weighted by Crippen LogP contribution is -2.50. The summed E-state index contributed by atoms with van der Waals surface area (Å²) in [6, 6.07) is 22.8. The minimum Gasteiger partial charge on any atom is -0.368 e. The molecule has 0 N–H and O–H groups in total. The summed E-state index contributed by atoms with van der Waals surface area (Å²) in [5.74, 6) is -0.126. The van der Waals surface area contributed by atoms with Crippen LogP contribution in [0.5, 0.6) is 0 Å². The molecule has 172 valence electrons. The van der Waals surface area contributed by atoms with Crippen LogP contribution >= 0.6 is 23.2 Å². The molecule has 3 aromatic carbocycles. The molecule has 0 atom stereocenters. The number of hydrogen-bond donors (Lipinski definition) is 0. The number of benzene rings is 3. The molecule has 6 nitrogen and oxygen atoms in total. The van der Waals surface area contributed by atoms with E-state index in [1.54, 1.807) is 17.0 Å². The highest BCUT2D eigenvalue weighted by molar-refractivity contribution is 6.42. The van der Waals surface area contributed by atoms with E-state index in [1.165, 1.54) is 10.7 Å². The molecule has 1 aliphatic heterocycles. The molecule has 4 aromatic rings. The zero-order chi connectivity index (χ0) is 23.7. The summed E-state index contributed by atoms with van der Waals surface area (Å²) < 4.78 is 1.25. The molecule has 0 bridgehead atoms. The van der Waals surface area contributed by atoms with Crippen LogP contribution in [0.25, 0.3) is 22.0 Å². The Morgan fingerprint density at radius 1 is 0.824 bits per heavy atom. The Balaban J connectivity index is 1.28. The topological polar surface area (TPSA) is 58.4 Å². The van der Waals surface area contributed by atoms with Crippen molar-refractivity contribution >= 4 is 45.6 Å². The van der Waals surface area contributed by atoms with Crippen molar-refractivity contribution in [3.05, 3.63) is 93.2 Å². The monoisotopic (exact) mass is 492 g/mol. The van der Waals surface area contributed by atoms with Crippen molar-refractivity contribution in [3.8, 4) is 11.3 Å². The number of fused-ring (bicyclic) bond motifs is 1. The number of amides is 1. The zero-order valence-corrected chi connectivity index (χ0v) is 19.8. The van der Waals surface area contributed by atoms with Crippen LogP contribution in [0.4, 0.5) is 5.69 Å². The van der Waals surface area contributed by atoms with Crippen molar-refractivity contribution in [2.45, 2.75) is 6.54 Å². The SMILES string of the molecule is O=C(Cn1nc(-c2ccc3ccccc3c2)ccc1=O)N1CCN(c2ccc(Cl)c(Cl)c2)CC1. The Hall–Kier alpha value is -3.35. The minimum atomic E-state index is -0.299. The molecule has 1 aliphatic rings. The summed E-state index contributed by atoms with van der Waals surface area (Å²) in [5.41, 5.74) is 2.23. The number of carbonyl (C=O) groups excluding carboxylic acids is 1. The maximum atomic E-state index is 13.0. The molecular formula is C26H22Cl2N4O2.